The third kappa shape index (κ3) is 7.27. The number of halogens is 5. The van der Waals surface area contributed by atoms with Crippen LogP contribution < -0.4 is 11.1 Å². The van der Waals surface area contributed by atoms with Crippen molar-refractivity contribution in [2.75, 3.05) is 11.9 Å². The monoisotopic (exact) mass is 465 g/mol. The molecular formula is C18H24F5N5O2Si. The molecule has 0 aliphatic heterocycles. The van der Waals surface area contributed by atoms with Crippen LogP contribution in [0.25, 0.3) is 0 Å². The Hall–Kier alpha value is -2.54. The number of rotatable bonds is 10. The average Bonchev–Trinajstić information content (AvgIpc) is 3.09. The molecule has 0 aromatic carbocycles. The van der Waals surface area contributed by atoms with Crippen molar-refractivity contribution < 1.29 is 31.5 Å². The number of anilines is 1. The molecular weight excluding hydrogens is 441 g/mol. The molecule has 172 valence electrons. The molecule has 31 heavy (non-hydrogen) atoms. The summed E-state index contributed by atoms with van der Waals surface area (Å²) in [6, 6.07) is 0.438. The van der Waals surface area contributed by atoms with Crippen molar-refractivity contribution in [1.29, 1.82) is 0 Å². The van der Waals surface area contributed by atoms with Crippen LogP contribution in [0.3, 0.4) is 0 Å². The van der Waals surface area contributed by atoms with E-state index in [-0.39, 0.29) is 12.4 Å². The maximum Gasteiger partial charge on any atom is 0.433 e. The molecule has 7 nitrogen and oxygen atoms in total. The summed E-state index contributed by atoms with van der Waals surface area (Å²) in [4.78, 5) is 18.7. The largest absolute Gasteiger partial charge is 0.433 e. The van der Waals surface area contributed by atoms with Crippen LogP contribution in [0.2, 0.25) is 25.7 Å². The van der Waals surface area contributed by atoms with E-state index in [1.54, 1.807) is 0 Å². The van der Waals surface area contributed by atoms with Gasteiger partial charge in [0.15, 0.2) is 0 Å². The fourth-order valence-corrected chi connectivity index (χ4v) is 3.25. The van der Waals surface area contributed by atoms with Crippen LogP contribution >= 0.6 is 0 Å². The Morgan fingerprint density at radius 1 is 1.29 bits per heavy atom. The molecule has 0 saturated heterocycles. The SMILES string of the molecule is C[Si](C)(C)CCOCn1cnc(C(Nc2nc(C(F)(F)F)ccc2C(N)=O)C(F)F)c1. The predicted molar refractivity (Wildman–Crippen MR) is 106 cm³/mol. The number of nitrogens with zero attached hydrogens (tertiary/aromatic N) is 3. The molecule has 2 aromatic heterocycles. The Morgan fingerprint density at radius 3 is 2.52 bits per heavy atom. The number of hydrogen-bond acceptors (Lipinski definition) is 5. The minimum Gasteiger partial charge on any atom is -0.365 e. The zero-order valence-electron chi connectivity index (χ0n) is 17.2. The highest BCUT2D eigenvalue weighted by molar-refractivity contribution is 6.76. The maximum absolute atomic E-state index is 13.7. The Kier molecular flexibility index (Phi) is 7.76. The van der Waals surface area contributed by atoms with Crippen LogP contribution in [-0.2, 0) is 17.6 Å². The van der Waals surface area contributed by atoms with Crippen molar-refractivity contribution in [3.05, 3.63) is 41.6 Å². The fourth-order valence-electron chi connectivity index (χ4n) is 2.50. The number of carbonyl (C=O) groups excluding carboxylic acids is 1. The third-order valence-electron chi connectivity index (χ3n) is 4.20. The predicted octanol–water partition coefficient (Wildman–Crippen LogP) is 4.13. The van der Waals surface area contributed by atoms with Crippen molar-refractivity contribution in [2.24, 2.45) is 5.73 Å². The van der Waals surface area contributed by atoms with Gasteiger partial charge in [0.25, 0.3) is 12.3 Å². The zero-order chi connectivity index (χ0) is 23.4. The molecule has 0 saturated carbocycles. The van der Waals surface area contributed by atoms with E-state index in [0.717, 1.165) is 12.1 Å². The van der Waals surface area contributed by atoms with Crippen LogP contribution in [-0.4, -0.2) is 41.5 Å². The molecule has 2 rings (SSSR count). The van der Waals surface area contributed by atoms with Gasteiger partial charge in [-0.3, -0.25) is 4.79 Å². The second-order valence-electron chi connectivity index (χ2n) is 8.07. The molecule has 0 fully saturated rings. The van der Waals surface area contributed by atoms with Crippen molar-refractivity contribution in [3.63, 3.8) is 0 Å². The number of amides is 1. The van der Waals surface area contributed by atoms with E-state index in [4.69, 9.17) is 10.5 Å². The number of aromatic nitrogens is 3. The lowest BCUT2D eigenvalue weighted by atomic mass is 10.1. The number of hydrogen-bond donors (Lipinski definition) is 2. The van der Waals surface area contributed by atoms with Crippen molar-refractivity contribution in [1.82, 2.24) is 14.5 Å². The highest BCUT2D eigenvalue weighted by atomic mass is 28.3. The van der Waals surface area contributed by atoms with Crippen molar-refractivity contribution >= 4 is 19.8 Å². The normalized spacial score (nSPS) is 13.5. The van der Waals surface area contributed by atoms with Gasteiger partial charge < -0.3 is 20.4 Å². The molecule has 0 spiro atoms. The average molecular weight is 465 g/mol. The smallest absolute Gasteiger partial charge is 0.365 e. The molecule has 0 aliphatic carbocycles. The second-order valence-corrected chi connectivity index (χ2v) is 13.7. The van der Waals surface area contributed by atoms with Gasteiger partial charge in [0, 0.05) is 20.9 Å². The van der Waals surface area contributed by atoms with Crippen LogP contribution in [0.4, 0.5) is 27.8 Å². The van der Waals surface area contributed by atoms with Gasteiger partial charge in [-0.1, -0.05) is 19.6 Å². The molecule has 2 aromatic rings. The van der Waals surface area contributed by atoms with Gasteiger partial charge >= 0.3 is 6.18 Å². The van der Waals surface area contributed by atoms with Gasteiger partial charge in [-0.25, -0.2) is 18.7 Å². The summed E-state index contributed by atoms with van der Waals surface area (Å²) in [7, 11) is -1.28. The van der Waals surface area contributed by atoms with Gasteiger partial charge in [0.2, 0.25) is 0 Å². The van der Waals surface area contributed by atoms with E-state index in [1.165, 1.54) is 17.1 Å². The molecule has 1 atom stereocenters. The molecule has 13 heteroatoms. The van der Waals surface area contributed by atoms with E-state index in [2.05, 4.69) is 34.9 Å². The second kappa shape index (κ2) is 9.72. The number of primary amides is 1. The van der Waals surface area contributed by atoms with E-state index in [1.807, 2.05) is 0 Å². The maximum atomic E-state index is 13.7. The van der Waals surface area contributed by atoms with Gasteiger partial charge in [0.1, 0.15) is 24.3 Å². The highest BCUT2D eigenvalue weighted by Crippen LogP contribution is 2.31. The summed E-state index contributed by atoms with van der Waals surface area (Å²) in [5.41, 5.74) is 3.19. The van der Waals surface area contributed by atoms with Crippen molar-refractivity contribution in [3.8, 4) is 0 Å². The lowest BCUT2D eigenvalue weighted by Gasteiger charge is -2.19. The first-order chi connectivity index (χ1) is 14.3. The molecule has 0 bridgehead atoms. The molecule has 0 radical (unpaired) electrons. The Bertz CT molecular complexity index is 898. The number of ether oxygens (including phenoxy) is 1. The number of nitrogens with one attached hydrogen (secondary N) is 1. The van der Waals surface area contributed by atoms with Crippen LogP contribution in [0.15, 0.2) is 24.7 Å². The Balaban J connectivity index is 2.21. The number of carbonyl (C=O) groups is 1. The van der Waals surface area contributed by atoms with Gasteiger partial charge in [0.05, 0.1) is 17.6 Å². The van der Waals surface area contributed by atoms with Gasteiger partial charge in [-0.2, -0.15) is 13.2 Å². The standard InChI is InChI=1S/C18H24F5N5O2Si/c1-31(2,3)7-6-30-10-28-8-12(25-9-28)14(15(19)20)27-17-11(16(24)29)4-5-13(26-17)18(21,22)23/h4-5,8-9,14-15H,6-7,10H2,1-3H3,(H2,24,29)(H,26,27). The zero-order valence-corrected chi connectivity index (χ0v) is 18.2. The molecule has 3 N–H and O–H groups in total. The quantitative estimate of drug-likeness (QED) is 0.313. The first-order valence-electron chi connectivity index (χ1n) is 9.30. The molecule has 0 aliphatic rings. The summed E-state index contributed by atoms with van der Waals surface area (Å²) in [6.07, 6.45) is -5.33. The first-order valence-corrected chi connectivity index (χ1v) is 13.0. The number of imidazole rings is 1. The highest BCUT2D eigenvalue weighted by Gasteiger charge is 2.34. The number of pyridine rings is 1. The van der Waals surface area contributed by atoms with Crippen LogP contribution in [0.5, 0.6) is 0 Å². The lowest BCUT2D eigenvalue weighted by molar-refractivity contribution is -0.141. The van der Waals surface area contributed by atoms with Gasteiger partial charge in [-0.05, 0) is 18.2 Å². The van der Waals surface area contributed by atoms with Crippen LogP contribution in [0.1, 0.15) is 27.8 Å². The Morgan fingerprint density at radius 2 is 1.97 bits per heavy atom. The first kappa shape index (κ1) is 24.7. The molecule has 1 unspecified atom stereocenters. The molecule has 2 heterocycles. The fraction of sp³-hybridized carbons (Fsp3) is 0.500. The van der Waals surface area contributed by atoms with E-state index < -0.39 is 49.7 Å². The number of alkyl halides is 5. The minimum absolute atomic E-state index is 0.0851. The summed E-state index contributed by atoms with van der Waals surface area (Å²) in [6.45, 7) is 7.16. The summed E-state index contributed by atoms with van der Waals surface area (Å²) in [5.74, 6) is -1.81. The summed E-state index contributed by atoms with van der Waals surface area (Å²) < 4.78 is 73.2. The molecule has 1 amide bonds. The van der Waals surface area contributed by atoms with E-state index in [9.17, 15) is 26.7 Å². The summed E-state index contributed by atoms with van der Waals surface area (Å²) >= 11 is 0. The van der Waals surface area contributed by atoms with E-state index >= 15 is 0 Å². The number of nitrogens with two attached hydrogens (primary N) is 1. The van der Waals surface area contributed by atoms with Crippen molar-refractivity contribution in [2.45, 2.75) is 51.1 Å². The third-order valence-corrected chi connectivity index (χ3v) is 5.91. The topological polar surface area (TPSA) is 95.1 Å². The Labute approximate surface area is 176 Å². The summed E-state index contributed by atoms with van der Waals surface area (Å²) in [5, 5.41) is 2.18. The lowest BCUT2D eigenvalue weighted by Crippen LogP contribution is -2.24. The van der Waals surface area contributed by atoms with Crippen LogP contribution in [0, 0.1) is 0 Å². The van der Waals surface area contributed by atoms with Gasteiger partial charge in [-0.15, -0.1) is 0 Å². The minimum atomic E-state index is -4.83. The van der Waals surface area contributed by atoms with E-state index in [0.29, 0.717) is 12.7 Å².